The van der Waals surface area contributed by atoms with Gasteiger partial charge in [0, 0.05) is 32.2 Å². The second-order valence-corrected chi connectivity index (χ2v) is 5.77. The highest BCUT2D eigenvalue weighted by Gasteiger charge is 2.23. The molecule has 2 heteroatoms. The highest BCUT2D eigenvalue weighted by Crippen LogP contribution is 2.22. The Bertz CT molecular complexity index is 169. The van der Waals surface area contributed by atoms with Crippen LogP contribution >= 0.6 is 0 Å². The summed E-state index contributed by atoms with van der Waals surface area (Å²) < 4.78 is 0. The van der Waals surface area contributed by atoms with Gasteiger partial charge in [0.15, 0.2) is 0 Å². The van der Waals surface area contributed by atoms with Crippen molar-refractivity contribution in [3.63, 3.8) is 0 Å². The van der Waals surface area contributed by atoms with Gasteiger partial charge < -0.3 is 10.2 Å². The minimum atomic E-state index is 0.665. The molecule has 1 unspecified atom stereocenters. The van der Waals surface area contributed by atoms with Crippen LogP contribution in [0.5, 0.6) is 0 Å². The van der Waals surface area contributed by atoms with Crippen LogP contribution < -0.4 is 5.32 Å². The zero-order valence-electron chi connectivity index (χ0n) is 11.1. The normalized spacial score (nSPS) is 24.4. The van der Waals surface area contributed by atoms with Crippen LogP contribution in [0.25, 0.3) is 0 Å². The molecule has 1 rings (SSSR count). The Labute approximate surface area is 95.4 Å². The van der Waals surface area contributed by atoms with Crippen molar-refractivity contribution in [2.45, 2.75) is 40.7 Å². The standard InChI is InChI=1S/C13H28N2/c1-10(2)13(11(3)4)9-15-7-6-14-12(5)8-15/h10-14H,6-9H2,1-5H3. The van der Waals surface area contributed by atoms with Gasteiger partial charge in [-0.1, -0.05) is 27.7 Å². The van der Waals surface area contributed by atoms with E-state index in [1.165, 1.54) is 19.6 Å². The van der Waals surface area contributed by atoms with Crippen molar-refractivity contribution in [1.29, 1.82) is 0 Å². The molecule has 0 radical (unpaired) electrons. The number of nitrogens with zero attached hydrogens (tertiary/aromatic N) is 1. The number of nitrogens with one attached hydrogen (secondary N) is 1. The number of hydrogen-bond acceptors (Lipinski definition) is 2. The Morgan fingerprint density at radius 1 is 1.20 bits per heavy atom. The van der Waals surface area contributed by atoms with Crippen molar-refractivity contribution in [2.24, 2.45) is 17.8 Å². The van der Waals surface area contributed by atoms with E-state index in [1.807, 2.05) is 0 Å². The summed E-state index contributed by atoms with van der Waals surface area (Å²) in [5.41, 5.74) is 0. The molecule has 1 aliphatic heterocycles. The van der Waals surface area contributed by atoms with Gasteiger partial charge in [0.1, 0.15) is 0 Å². The Hall–Kier alpha value is -0.0800. The van der Waals surface area contributed by atoms with Crippen LogP contribution in [0.2, 0.25) is 0 Å². The van der Waals surface area contributed by atoms with E-state index in [1.54, 1.807) is 0 Å². The van der Waals surface area contributed by atoms with Crippen LogP contribution in [0.4, 0.5) is 0 Å². The molecule has 0 aromatic rings. The Morgan fingerprint density at radius 3 is 2.27 bits per heavy atom. The molecule has 0 aromatic carbocycles. The summed E-state index contributed by atoms with van der Waals surface area (Å²) in [4.78, 5) is 2.63. The van der Waals surface area contributed by atoms with Gasteiger partial charge in [-0.3, -0.25) is 0 Å². The van der Waals surface area contributed by atoms with Gasteiger partial charge in [0.2, 0.25) is 0 Å². The fourth-order valence-corrected chi connectivity index (χ4v) is 2.67. The lowest BCUT2D eigenvalue weighted by Crippen LogP contribution is -2.51. The van der Waals surface area contributed by atoms with Crippen molar-refractivity contribution in [2.75, 3.05) is 26.2 Å². The van der Waals surface area contributed by atoms with E-state index in [9.17, 15) is 0 Å². The van der Waals surface area contributed by atoms with E-state index in [0.717, 1.165) is 24.3 Å². The Morgan fingerprint density at radius 2 is 1.80 bits per heavy atom. The molecular weight excluding hydrogens is 184 g/mol. The summed E-state index contributed by atoms with van der Waals surface area (Å²) in [7, 11) is 0. The SMILES string of the molecule is CC1CN(CC(C(C)C)C(C)C)CCN1. The summed E-state index contributed by atoms with van der Waals surface area (Å²) in [6.45, 7) is 16.6. The third-order valence-electron chi connectivity index (χ3n) is 3.63. The smallest absolute Gasteiger partial charge is 0.0167 e. The third-order valence-corrected chi connectivity index (χ3v) is 3.63. The molecule has 1 saturated heterocycles. The molecule has 0 bridgehead atoms. The van der Waals surface area contributed by atoms with Crippen LogP contribution in [-0.2, 0) is 0 Å². The van der Waals surface area contributed by atoms with Gasteiger partial charge in [-0.05, 0) is 24.7 Å². The van der Waals surface area contributed by atoms with Crippen LogP contribution in [0, 0.1) is 17.8 Å². The van der Waals surface area contributed by atoms with Crippen LogP contribution in [0.15, 0.2) is 0 Å². The van der Waals surface area contributed by atoms with Crippen LogP contribution in [0.3, 0.4) is 0 Å². The molecule has 1 aliphatic rings. The second-order valence-electron chi connectivity index (χ2n) is 5.77. The molecule has 1 N–H and O–H groups in total. The fourth-order valence-electron chi connectivity index (χ4n) is 2.67. The summed E-state index contributed by atoms with van der Waals surface area (Å²) in [5, 5.41) is 3.50. The maximum Gasteiger partial charge on any atom is 0.0167 e. The quantitative estimate of drug-likeness (QED) is 0.768. The molecule has 0 amide bonds. The number of piperazine rings is 1. The van der Waals surface area contributed by atoms with E-state index in [-0.39, 0.29) is 0 Å². The van der Waals surface area contributed by atoms with E-state index in [4.69, 9.17) is 0 Å². The highest BCUT2D eigenvalue weighted by molar-refractivity contribution is 4.79. The number of hydrogen-bond donors (Lipinski definition) is 1. The highest BCUT2D eigenvalue weighted by atomic mass is 15.2. The lowest BCUT2D eigenvalue weighted by molar-refractivity contribution is 0.136. The minimum Gasteiger partial charge on any atom is -0.312 e. The van der Waals surface area contributed by atoms with E-state index in [0.29, 0.717) is 6.04 Å². The van der Waals surface area contributed by atoms with Crippen molar-refractivity contribution in [3.8, 4) is 0 Å². The molecule has 0 aliphatic carbocycles. The van der Waals surface area contributed by atoms with Crippen molar-refractivity contribution < 1.29 is 0 Å². The minimum absolute atomic E-state index is 0.665. The lowest BCUT2D eigenvalue weighted by Gasteiger charge is -2.36. The molecule has 1 heterocycles. The average molecular weight is 212 g/mol. The molecule has 2 nitrogen and oxygen atoms in total. The molecule has 15 heavy (non-hydrogen) atoms. The van der Waals surface area contributed by atoms with E-state index >= 15 is 0 Å². The molecular formula is C13H28N2. The summed E-state index contributed by atoms with van der Waals surface area (Å²) in [6.07, 6.45) is 0. The largest absolute Gasteiger partial charge is 0.312 e. The zero-order chi connectivity index (χ0) is 11.4. The first kappa shape index (κ1) is 13.0. The monoisotopic (exact) mass is 212 g/mol. The molecule has 0 aromatic heterocycles. The van der Waals surface area contributed by atoms with Crippen molar-refractivity contribution in [3.05, 3.63) is 0 Å². The van der Waals surface area contributed by atoms with Gasteiger partial charge in [-0.25, -0.2) is 0 Å². The molecule has 0 saturated carbocycles. The maximum atomic E-state index is 3.50. The third kappa shape index (κ3) is 4.12. The van der Waals surface area contributed by atoms with Gasteiger partial charge >= 0.3 is 0 Å². The van der Waals surface area contributed by atoms with Crippen LogP contribution in [-0.4, -0.2) is 37.1 Å². The van der Waals surface area contributed by atoms with Crippen molar-refractivity contribution >= 4 is 0 Å². The van der Waals surface area contributed by atoms with Crippen LogP contribution in [0.1, 0.15) is 34.6 Å². The summed E-state index contributed by atoms with van der Waals surface area (Å²) >= 11 is 0. The molecule has 1 atom stereocenters. The first-order valence-electron chi connectivity index (χ1n) is 6.46. The molecule has 90 valence electrons. The first-order chi connectivity index (χ1) is 7.00. The van der Waals surface area contributed by atoms with Gasteiger partial charge in [-0.15, -0.1) is 0 Å². The fraction of sp³-hybridized carbons (Fsp3) is 1.00. The number of rotatable bonds is 4. The average Bonchev–Trinajstić information content (AvgIpc) is 2.13. The Balaban J connectivity index is 2.43. The van der Waals surface area contributed by atoms with E-state index in [2.05, 4.69) is 44.8 Å². The predicted octanol–water partition coefficient (Wildman–Crippen LogP) is 2.21. The van der Waals surface area contributed by atoms with E-state index < -0.39 is 0 Å². The van der Waals surface area contributed by atoms with Gasteiger partial charge in [-0.2, -0.15) is 0 Å². The summed E-state index contributed by atoms with van der Waals surface area (Å²) in [5.74, 6) is 2.45. The second kappa shape index (κ2) is 5.86. The van der Waals surface area contributed by atoms with Gasteiger partial charge in [0.05, 0.1) is 0 Å². The zero-order valence-corrected chi connectivity index (χ0v) is 11.1. The van der Waals surface area contributed by atoms with Gasteiger partial charge in [0.25, 0.3) is 0 Å². The Kier molecular flexibility index (Phi) is 5.07. The predicted molar refractivity (Wildman–Crippen MR) is 67.1 cm³/mol. The summed E-state index contributed by atoms with van der Waals surface area (Å²) in [6, 6.07) is 0.665. The molecule has 0 spiro atoms. The first-order valence-corrected chi connectivity index (χ1v) is 6.46. The van der Waals surface area contributed by atoms with Crippen molar-refractivity contribution in [1.82, 2.24) is 10.2 Å². The maximum absolute atomic E-state index is 3.50. The molecule has 1 fully saturated rings. The topological polar surface area (TPSA) is 15.3 Å². The lowest BCUT2D eigenvalue weighted by atomic mass is 9.85.